The number of amides is 3. The van der Waals surface area contributed by atoms with E-state index in [1.807, 2.05) is 30.3 Å². The van der Waals surface area contributed by atoms with Gasteiger partial charge in [0.25, 0.3) is 0 Å². The zero-order chi connectivity index (χ0) is 18.1. The van der Waals surface area contributed by atoms with Crippen LogP contribution in [0.4, 0.5) is 0 Å². The van der Waals surface area contributed by atoms with E-state index in [0.29, 0.717) is 45.6 Å². The Kier molecular flexibility index (Phi) is 7.40. The van der Waals surface area contributed by atoms with Crippen molar-refractivity contribution in [3.8, 4) is 0 Å². The third-order valence-corrected chi connectivity index (χ3v) is 3.99. The van der Waals surface area contributed by atoms with Crippen LogP contribution in [-0.4, -0.2) is 55.4 Å². The van der Waals surface area contributed by atoms with Crippen LogP contribution >= 0.6 is 0 Å². The summed E-state index contributed by atoms with van der Waals surface area (Å²) in [6, 6.07) is 9.85. The molecule has 1 aliphatic rings. The largest absolute Gasteiger partial charge is 0.370 e. The monoisotopic (exact) mass is 347 g/mol. The zero-order valence-corrected chi connectivity index (χ0v) is 14.5. The number of benzene rings is 1. The van der Waals surface area contributed by atoms with E-state index in [1.54, 1.807) is 11.8 Å². The summed E-state index contributed by atoms with van der Waals surface area (Å²) in [5.41, 5.74) is 1.06. The third kappa shape index (κ3) is 5.86. The molecule has 1 heterocycles. The van der Waals surface area contributed by atoms with Gasteiger partial charge in [-0.25, -0.2) is 0 Å². The van der Waals surface area contributed by atoms with E-state index in [0.717, 1.165) is 5.56 Å². The Morgan fingerprint density at radius 3 is 2.60 bits per heavy atom. The minimum Gasteiger partial charge on any atom is -0.370 e. The molecule has 1 aromatic rings. The van der Waals surface area contributed by atoms with Gasteiger partial charge in [0.2, 0.25) is 5.91 Å². The van der Waals surface area contributed by atoms with Gasteiger partial charge < -0.3 is 20.3 Å². The lowest BCUT2D eigenvalue weighted by Crippen LogP contribution is -2.43. The zero-order valence-electron chi connectivity index (χ0n) is 14.5. The summed E-state index contributed by atoms with van der Waals surface area (Å²) >= 11 is 0. The molecule has 2 N–H and O–H groups in total. The fraction of sp³-hybridized carbons (Fsp3) is 0.500. The molecule has 1 saturated heterocycles. The molecular weight excluding hydrogens is 322 g/mol. The molecular formula is C18H25N3O4. The molecule has 0 radical (unpaired) electrons. The molecule has 1 aliphatic heterocycles. The highest BCUT2D eigenvalue weighted by molar-refractivity contribution is 6.35. The maximum Gasteiger partial charge on any atom is 0.309 e. The third-order valence-electron chi connectivity index (χ3n) is 3.99. The Morgan fingerprint density at radius 1 is 1.16 bits per heavy atom. The Morgan fingerprint density at radius 2 is 1.88 bits per heavy atom. The van der Waals surface area contributed by atoms with Crippen molar-refractivity contribution in [2.45, 2.75) is 25.9 Å². The van der Waals surface area contributed by atoms with Gasteiger partial charge in [-0.3, -0.25) is 14.4 Å². The van der Waals surface area contributed by atoms with Crippen LogP contribution in [0, 0.1) is 0 Å². The summed E-state index contributed by atoms with van der Waals surface area (Å²) in [5.74, 6) is -1.27. The maximum absolute atomic E-state index is 12.3. The van der Waals surface area contributed by atoms with Gasteiger partial charge in [0, 0.05) is 26.1 Å². The normalized spacial score (nSPS) is 17.0. The molecule has 25 heavy (non-hydrogen) atoms. The van der Waals surface area contributed by atoms with E-state index in [-0.39, 0.29) is 12.0 Å². The summed E-state index contributed by atoms with van der Waals surface area (Å²) in [4.78, 5) is 36.9. The number of carbonyl (C=O) groups excluding carboxylic acids is 3. The summed E-state index contributed by atoms with van der Waals surface area (Å²) in [7, 11) is 0. The van der Waals surface area contributed by atoms with Crippen LogP contribution in [0.5, 0.6) is 0 Å². The SMILES string of the molecule is CCNC(=O)C(=O)NCCCC(=O)N1CCOC(c2ccccc2)C1. The van der Waals surface area contributed by atoms with Crippen molar-refractivity contribution in [3.05, 3.63) is 35.9 Å². The molecule has 0 aromatic heterocycles. The number of hydrogen-bond acceptors (Lipinski definition) is 4. The van der Waals surface area contributed by atoms with Gasteiger partial charge in [0.1, 0.15) is 6.10 Å². The van der Waals surface area contributed by atoms with Crippen molar-refractivity contribution in [1.29, 1.82) is 0 Å². The number of carbonyl (C=O) groups is 3. The molecule has 7 heteroatoms. The number of nitrogens with one attached hydrogen (secondary N) is 2. The van der Waals surface area contributed by atoms with E-state index >= 15 is 0 Å². The Labute approximate surface area is 147 Å². The summed E-state index contributed by atoms with van der Waals surface area (Å²) in [6.07, 6.45) is 0.727. The molecule has 0 saturated carbocycles. The number of ether oxygens (including phenoxy) is 1. The highest BCUT2D eigenvalue weighted by Crippen LogP contribution is 2.22. The molecule has 136 valence electrons. The minimum atomic E-state index is -0.662. The van der Waals surface area contributed by atoms with Gasteiger partial charge in [-0.05, 0) is 18.9 Å². The van der Waals surface area contributed by atoms with Crippen LogP contribution in [0.1, 0.15) is 31.4 Å². The smallest absolute Gasteiger partial charge is 0.309 e. The lowest BCUT2D eigenvalue weighted by molar-refractivity contribution is -0.140. The van der Waals surface area contributed by atoms with Gasteiger partial charge in [0.05, 0.1) is 13.2 Å². The van der Waals surface area contributed by atoms with Crippen molar-refractivity contribution < 1.29 is 19.1 Å². The lowest BCUT2D eigenvalue weighted by atomic mass is 10.1. The molecule has 1 aromatic carbocycles. The second-order valence-corrected chi connectivity index (χ2v) is 5.83. The molecule has 1 fully saturated rings. The molecule has 3 amide bonds. The highest BCUT2D eigenvalue weighted by atomic mass is 16.5. The Hall–Kier alpha value is -2.41. The van der Waals surface area contributed by atoms with Crippen LogP contribution in [-0.2, 0) is 19.1 Å². The van der Waals surface area contributed by atoms with Gasteiger partial charge in [-0.2, -0.15) is 0 Å². The number of morpholine rings is 1. The number of hydrogen-bond donors (Lipinski definition) is 2. The summed E-state index contributed by atoms with van der Waals surface area (Å²) < 4.78 is 5.76. The first kappa shape index (κ1) is 18.9. The van der Waals surface area contributed by atoms with E-state index in [4.69, 9.17) is 4.74 Å². The second-order valence-electron chi connectivity index (χ2n) is 5.83. The van der Waals surface area contributed by atoms with Gasteiger partial charge in [-0.1, -0.05) is 30.3 Å². The number of rotatable bonds is 6. The predicted octanol–water partition coefficient (Wildman–Crippen LogP) is 0.619. The van der Waals surface area contributed by atoms with Crippen molar-refractivity contribution >= 4 is 17.7 Å². The topological polar surface area (TPSA) is 87.7 Å². The molecule has 7 nitrogen and oxygen atoms in total. The molecule has 2 rings (SSSR count). The molecule has 0 aliphatic carbocycles. The van der Waals surface area contributed by atoms with Crippen LogP contribution in [0.15, 0.2) is 30.3 Å². The standard InChI is InChI=1S/C18H25N3O4/c1-2-19-17(23)18(24)20-10-6-9-16(22)21-11-12-25-15(13-21)14-7-4-3-5-8-14/h3-5,7-8,15H,2,6,9-13H2,1H3,(H,19,23)(H,20,24). The lowest BCUT2D eigenvalue weighted by Gasteiger charge is -2.33. The Balaban J connectivity index is 1.72. The van der Waals surface area contributed by atoms with E-state index < -0.39 is 11.8 Å². The number of likely N-dealkylation sites (N-methyl/N-ethyl adjacent to an activating group) is 1. The first-order valence-corrected chi connectivity index (χ1v) is 8.62. The molecule has 1 atom stereocenters. The first-order valence-electron chi connectivity index (χ1n) is 8.62. The fourth-order valence-corrected chi connectivity index (χ4v) is 2.67. The molecule has 0 bridgehead atoms. The van der Waals surface area contributed by atoms with E-state index in [1.165, 1.54) is 0 Å². The molecule has 0 spiro atoms. The van der Waals surface area contributed by atoms with Gasteiger partial charge in [0.15, 0.2) is 0 Å². The highest BCUT2D eigenvalue weighted by Gasteiger charge is 2.24. The fourth-order valence-electron chi connectivity index (χ4n) is 2.67. The summed E-state index contributed by atoms with van der Waals surface area (Å²) in [6.45, 7) is 4.08. The van der Waals surface area contributed by atoms with Crippen molar-refractivity contribution in [3.63, 3.8) is 0 Å². The predicted molar refractivity (Wildman–Crippen MR) is 92.6 cm³/mol. The van der Waals surface area contributed by atoms with Crippen molar-refractivity contribution in [2.75, 3.05) is 32.8 Å². The van der Waals surface area contributed by atoms with Crippen LogP contribution in [0.2, 0.25) is 0 Å². The maximum atomic E-state index is 12.3. The van der Waals surface area contributed by atoms with Crippen molar-refractivity contribution in [1.82, 2.24) is 15.5 Å². The van der Waals surface area contributed by atoms with Crippen molar-refractivity contribution in [2.24, 2.45) is 0 Å². The van der Waals surface area contributed by atoms with Gasteiger partial charge >= 0.3 is 11.8 Å². The van der Waals surface area contributed by atoms with E-state index in [9.17, 15) is 14.4 Å². The number of nitrogens with zero attached hydrogens (tertiary/aromatic N) is 1. The average Bonchev–Trinajstić information content (AvgIpc) is 2.66. The minimum absolute atomic E-state index is 0.0384. The van der Waals surface area contributed by atoms with Crippen LogP contribution in [0.3, 0.4) is 0 Å². The summed E-state index contributed by atoms with van der Waals surface area (Å²) in [5, 5.41) is 4.94. The van der Waals surface area contributed by atoms with Crippen LogP contribution < -0.4 is 10.6 Å². The van der Waals surface area contributed by atoms with E-state index in [2.05, 4.69) is 10.6 Å². The molecule has 1 unspecified atom stereocenters. The quantitative estimate of drug-likeness (QED) is 0.583. The Bertz CT molecular complexity index is 591. The first-order chi connectivity index (χ1) is 12.1. The average molecular weight is 347 g/mol. The van der Waals surface area contributed by atoms with Crippen LogP contribution in [0.25, 0.3) is 0 Å². The van der Waals surface area contributed by atoms with Gasteiger partial charge in [-0.15, -0.1) is 0 Å². The second kappa shape index (κ2) is 9.78.